The molecule has 1 heterocycles. The van der Waals surface area contributed by atoms with Gasteiger partial charge in [0.15, 0.2) is 0 Å². The maximum absolute atomic E-state index is 3.47. The van der Waals surface area contributed by atoms with Gasteiger partial charge in [0.25, 0.3) is 0 Å². The molecule has 1 aliphatic heterocycles. The predicted octanol–water partition coefficient (Wildman–Crippen LogP) is 2.23. The van der Waals surface area contributed by atoms with E-state index in [0.29, 0.717) is 0 Å². The Bertz CT molecular complexity index is 283. The Kier molecular flexibility index (Phi) is 2.47. The lowest BCUT2D eigenvalue weighted by Gasteiger charge is -2.17. The molecule has 1 aliphatic rings. The van der Waals surface area contributed by atoms with Crippen molar-refractivity contribution in [3.63, 3.8) is 0 Å². The van der Waals surface area contributed by atoms with Crippen molar-refractivity contribution in [1.82, 2.24) is 5.32 Å². The van der Waals surface area contributed by atoms with Gasteiger partial charge in [-0.05, 0) is 29.7 Å². The molecule has 1 nitrogen and oxygen atoms in total. The molecule has 0 saturated carbocycles. The molecule has 0 fully saturated rings. The Balaban J connectivity index is 2.36. The highest BCUT2D eigenvalue weighted by molar-refractivity contribution is 9.08. The zero-order valence-corrected chi connectivity index (χ0v) is 8.52. The van der Waals surface area contributed by atoms with Crippen LogP contribution in [-0.2, 0) is 18.3 Å². The first-order valence-corrected chi connectivity index (χ1v) is 5.39. The third-order valence-electron chi connectivity index (χ3n) is 2.31. The number of hydrogen-bond donors (Lipinski definition) is 1. The van der Waals surface area contributed by atoms with Crippen LogP contribution in [0.4, 0.5) is 0 Å². The van der Waals surface area contributed by atoms with Crippen molar-refractivity contribution >= 4 is 15.9 Å². The lowest BCUT2D eigenvalue weighted by Crippen LogP contribution is -2.23. The fourth-order valence-corrected chi connectivity index (χ4v) is 1.96. The van der Waals surface area contributed by atoms with Gasteiger partial charge in [0.2, 0.25) is 0 Å². The van der Waals surface area contributed by atoms with E-state index in [-0.39, 0.29) is 0 Å². The van der Waals surface area contributed by atoms with Crippen molar-refractivity contribution in [2.75, 3.05) is 6.54 Å². The SMILES string of the molecule is BrCc1ccc2c(c1)CCNC2. The number of halogens is 1. The van der Waals surface area contributed by atoms with Crippen molar-refractivity contribution in [2.45, 2.75) is 18.3 Å². The van der Waals surface area contributed by atoms with Gasteiger partial charge in [0.1, 0.15) is 0 Å². The first kappa shape index (κ1) is 8.27. The summed E-state index contributed by atoms with van der Waals surface area (Å²) in [5.41, 5.74) is 4.37. The van der Waals surface area contributed by atoms with E-state index in [9.17, 15) is 0 Å². The van der Waals surface area contributed by atoms with Crippen molar-refractivity contribution in [3.8, 4) is 0 Å². The van der Waals surface area contributed by atoms with E-state index < -0.39 is 0 Å². The Morgan fingerprint density at radius 3 is 3.08 bits per heavy atom. The molecule has 0 radical (unpaired) electrons. The minimum absolute atomic E-state index is 0.966. The van der Waals surface area contributed by atoms with Crippen LogP contribution < -0.4 is 5.32 Å². The normalized spacial score (nSPS) is 15.8. The van der Waals surface area contributed by atoms with E-state index in [1.165, 1.54) is 23.1 Å². The van der Waals surface area contributed by atoms with Crippen LogP contribution in [0, 0.1) is 0 Å². The first-order chi connectivity index (χ1) is 5.90. The molecule has 1 N–H and O–H groups in total. The summed E-state index contributed by atoms with van der Waals surface area (Å²) in [7, 11) is 0. The molecule has 1 aromatic rings. The highest BCUT2D eigenvalue weighted by atomic mass is 79.9. The van der Waals surface area contributed by atoms with Gasteiger partial charge < -0.3 is 5.32 Å². The molecule has 2 heteroatoms. The quantitative estimate of drug-likeness (QED) is 0.724. The van der Waals surface area contributed by atoms with Gasteiger partial charge in [-0.1, -0.05) is 34.1 Å². The minimum atomic E-state index is 0.966. The van der Waals surface area contributed by atoms with Crippen LogP contribution >= 0.6 is 15.9 Å². The number of benzene rings is 1. The van der Waals surface area contributed by atoms with E-state index in [1.54, 1.807) is 0 Å². The molecular formula is C10H12BrN. The standard InChI is InChI=1S/C10H12BrN/c11-6-8-1-2-10-7-12-4-3-9(10)5-8/h1-2,5,12H,3-4,6-7H2. The Labute approximate surface area is 81.3 Å². The van der Waals surface area contributed by atoms with E-state index in [4.69, 9.17) is 0 Å². The summed E-state index contributed by atoms with van der Waals surface area (Å²) in [4.78, 5) is 0. The van der Waals surface area contributed by atoms with Crippen LogP contribution in [0.2, 0.25) is 0 Å². The second kappa shape index (κ2) is 3.58. The lowest BCUT2D eigenvalue weighted by atomic mass is 9.99. The largest absolute Gasteiger partial charge is 0.312 e. The fourth-order valence-electron chi connectivity index (χ4n) is 1.61. The highest BCUT2D eigenvalue weighted by Crippen LogP contribution is 2.17. The first-order valence-electron chi connectivity index (χ1n) is 4.27. The smallest absolute Gasteiger partial charge is 0.0283 e. The number of hydrogen-bond acceptors (Lipinski definition) is 1. The summed E-state index contributed by atoms with van der Waals surface area (Å²) in [6.45, 7) is 2.16. The summed E-state index contributed by atoms with van der Waals surface area (Å²) in [6, 6.07) is 6.74. The molecule has 64 valence electrons. The van der Waals surface area contributed by atoms with Crippen LogP contribution in [-0.4, -0.2) is 6.54 Å². The minimum Gasteiger partial charge on any atom is -0.312 e. The molecule has 2 rings (SSSR count). The van der Waals surface area contributed by atoms with Crippen LogP contribution in [0.1, 0.15) is 16.7 Å². The summed E-state index contributed by atoms with van der Waals surface area (Å²) in [5.74, 6) is 0. The molecule has 0 amide bonds. The van der Waals surface area contributed by atoms with Gasteiger partial charge >= 0.3 is 0 Å². The van der Waals surface area contributed by atoms with Crippen molar-refractivity contribution in [2.24, 2.45) is 0 Å². The molecule has 0 bridgehead atoms. The third-order valence-corrected chi connectivity index (χ3v) is 2.96. The average molecular weight is 226 g/mol. The topological polar surface area (TPSA) is 12.0 Å². The van der Waals surface area contributed by atoms with E-state index >= 15 is 0 Å². The van der Waals surface area contributed by atoms with Gasteiger partial charge in [-0.3, -0.25) is 0 Å². The zero-order chi connectivity index (χ0) is 8.39. The molecule has 0 aliphatic carbocycles. The van der Waals surface area contributed by atoms with Gasteiger partial charge in [-0.15, -0.1) is 0 Å². The summed E-state index contributed by atoms with van der Waals surface area (Å²) >= 11 is 3.47. The van der Waals surface area contributed by atoms with Crippen molar-refractivity contribution in [1.29, 1.82) is 0 Å². The predicted molar refractivity (Wildman–Crippen MR) is 54.5 cm³/mol. The van der Waals surface area contributed by atoms with Crippen molar-refractivity contribution in [3.05, 3.63) is 34.9 Å². The van der Waals surface area contributed by atoms with Crippen LogP contribution in [0.25, 0.3) is 0 Å². The van der Waals surface area contributed by atoms with Crippen LogP contribution in [0.15, 0.2) is 18.2 Å². The third kappa shape index (κ3) is 1.54. The number of fused-ring (bicyclic) bond motifs is 1. The van der Waals surface area contributed by atoms with E-state index in [2.05, 4.69) is 39.4 Å². The molecule has 12 heavy (non-hydrogen) atoms. The fraction of sp³-hybridized carbons (Fsp3) is 0.400. The van der Waals surface area contributed by atoms with Crippen molar-refractivity contribution < 1.29 is 0 Å². The summed E-state index contributed by atoms with van der Waals surface area (Å²) in [6.07, 6.45) is 1.18. The second-order valence-electron chi connectivity index (χ2n) is 3.16. The average Bonchev–Trinajstić information content (AvgIpc) is 2.17. The van der Waals surface area contributed by atoms with E-state index in [0.717, 1.165) is 18.4 Å². The maximum Gasteiger partial charge on any atom is 0.0283 e. The molecule has 0 aromatic heterocycles. The van der Waals surface area contributed by atoms with E-state index in [1.807, 2.05) is 0 Å². The Morgan fingerprint density at radius 1 is 1.33 bits per heavy atom. The van der Waals surface area contributed by atoms with Gasteiger partial charge in [0.05, 0.1) is 0 Å². The molecule has 0 saturated heterocycles. The van der Waals surface area contributed by atoms with Gasteiger partial charge in [-0.25, -0.2) is 0 Å². The Morgan fingerprint density at radius 2 is 2.25 bits per heavy atom. The summed E-state index contributed by atoms with van der Waals surface area (Å²) < 4.78 is 0. The summed E-state index contributed by atoms with van der Waals surface area (Å²) in [5, 5.41) is 4.33. The highest BCUT2D eigenvalue weighted by Gasteiger charge is 2.07. The molecule has 0 spiro atoms. The van der Waals surface area contributed by atoms with Crippen LogP contribution in [0.5, 0.6) is 0 Å². The van der Waals surface area contributed by atoms with Gasteiger partial charge in [0, 0.05) is 11.9 Å². The lowest BCUT2D eigenvalue weighted by molar-refractivity contribution is 0.643. The molecule has 0 atom stereocenters. The molecule has 0 unspecified atom stereocenters. The second-order valence-corrected chi connectivity index (χ2v) is 3.72. The maximum atomic E-state index is 3.47. The number of alkyl halides is 1. The van der Waals surface area contributed by atoms with Gasteiger partial charge in [-0.2, -0.15) is 0 Å². The molecule has 1 aromatic carbocycles. The Hall–Kier alpha value is -0.340. The zero-order valence-electron chi connectivity index (χ0n) is 6.94. The number of rotatable bonds is 1. The van der Waals surface area contributed by atoms with Crippen LogP contribution in [0.3, 0.4) is 0 Å². The molecular weight excluding hydrogens is 214 g/mol. The number of nitrogens with one attached hydrogen (secondary N) is 1. The monoisotopic (exact) mass is 225 g/mol.